The number of hydrogen-bond donors (Lipinski definition) is 1. The molecule has 0 saturated carbocycles. The predicted octanol–water partition coefficient (Wildman–Crippen LogP) is 3.00. The maximum absolute atomic E-state index is 11.4. The van der Waals surface area contributed by atoms with Gasteiger partial charge in [0.1, 0.15) is 11.3 Å². The van der Waals surface area contributed by atoms with E-state index in [0.29, 0.717) is 5.69 Å². The number of carbonyl (C=O) groups is 1. The zero-order valence-corrected chi connectivity index (χ0v) is 11.5. The quantitative estimate of drug-likeness (QED) is 0.803. The fraction of sp³-hybridized carbons (Fsp3) is 0.0714. The number of aromatic carboxylic acids is 1. The van der Waals surface area contributed by atoms with Crippen molar-refractivity contribution in [3.63, 3.8) is 0 Å². The van der Waals surface area contributed by atoms with E-state index in [4.69, 9.17) is 0 Å². The number of carboxylic acid groups (broad SMARTS) is 1. The van der Waals surface area contributed by atoms with Crippen LogP contribution in [0.2, 0.25) is 0 Å². The summed E-state index contributed by atoms with van der Waals surface area (Å²) in [5.74, 6) is -0.979. The molecule has 0 radical (unpaired) electrons. The van der Waals surface area contributed by atoms with Gasteiger partial charge in [0.15, 0.2) is 0 Å². The molecule has 0 bridgehead atoms. The molecule has 1 N–H and O–H groups in total. The van der Waals surface area contributed by atoms with Gasteiger partial charge in [0, 0.05) is 18.6 Å². The standard InChI is InChI=1S/C14H11N3O2S/c1-9-4-7-20-13(9)12-11(14(18)19)8-17(16-12)10-2-5-15-6-3-10/h2-8H,1H3,(H,18,19). The molecular formula is C14H11N3O2S. The van der Waals surface area contributed by atoms with Crippen LogP contribution in [0.15, 0.2) is 42.2 Å². The Balaban J connectivity index is 2.18. The molecule has 6 heteroatoms. The number of carboxylic acids is 1. The highest BCUT2D eigenvalue weighted by molar-refractivity contribution is 7.13. The summed E-state index contributed by atoms with van der Waals surface area (Å²) in [6.07, 6.45) is 4.83. The summed E-state index contributed by atoms with van der Waals surface area (Å²) in [6.45, 7) is 1.95. The zero-order valence-electron chi connectivity index (χ0n) is 10.6. The Hall–Kier alpha value is -2.47. The Morgan fingerprint density at radius 1 is 1.30 bits per heavy atom. The molecule has 20 heavy (non-hydrogen) atoms. The number of hydrogen-bond acceptors (Lipinski definition) is 4. The summed E-state index contributed by atoms with van der Waals surface area (Å²) in [7, 11) is 0. The van der Waals surface area contributed by atoms with E-state index in [0.717, 1.165) is 16.1 Å². The highest BCUT2D eigenvalue weighted by atomic mass is 32.1. The second-order valence-corrected chi connectivity index (χ2v) is 5.20. The minimum Gasteiger partial charge on any atom is -0.478 e. The van der Waals surface area contributed by atoms with Crippen LogP contribution in [0.25, 0.3) is 16.3 Å². The Bertz CT molecular complexity index is 762. The van der Waals surface area contributed by atoms with Crippen molar-refractivity contribution in [3.8, 4) is 16.3 Å². The second kappa shape index (κ2) is 4.90. The molecular weight excluding hydrogens is 274 g/mol. The molecule has 100 valence electrons. The molecule has 0 spiro atoms. The van der Waals surface area contributed by atoms with Crippen LogP contribution in [-0.4, -0.2) is 25.8 Å². The topological polar surface area (TPSA) is 68.0 Å². The lowest BCUT2D eigenvalue weighted by atomic mass is 10.2. The number of thiophene rings is 1. The third kappa shape index (κ3) is 2.10. The first-order valence-electron chi connectivity index (χ1n) is 5.94. The summed E-state index contributed by atoms with van der Waals surface area (Å²) in [5, 5.41) is 15.7. The van der Waals surface area contributed by atoms with Gasteiger partial charge in [-0.05, 0) is 36.1 Å². The van der Waals surface area contributed by atoms with Crippen LogP contribution < -0.4 is 0 Å². The molecule has 5 nitrogen and oxygen atoms in total. The molecule has 0 amide bonds. The Morgan fingerprint density at radius 3 is 2.65 bits per heavy atom. The van der Waals surface area contributed by atoms with Crippen molar-refractivity contribution in [2.24, 2.45) is 0 Å². The minimum atomic E-state index is -0.979. The maximum Gasteiger partial charge on any atom is 0.339 e. The van der Waals surface area contributed by atoms with Crippen LogP contribution >= 0.6 is 11.3 Å². The van der Waals surface area contributed by atoms with Gasteiger partial charge in [-0.15, -0.1) is 11.3 Å². The first kappa shape index (κ1) is 12.6. The van der Waals surface area contributed by atoms with Crippen LogP contribution in [0.3, 0.4) is 0 Å². The lowest BCUT2D eigenvalue weighted by molar-refractivity contribution is 0.0697. The summed E-state index contributed by atoms with van der Waals surface area (Å²) < 4.78 is 1.57. The SMILES string of the molecule is Cc1ccsc1-c1nn(-c2ccncc2)cc1C(=O)O. The molecule has 0 atom stereocenters. The third-order valence-electron chi connectivity index (χ3n) is 2.95. The molecule has 0 aliphatic rings. The molecule has 3 rings (SSSR count). The average molecular weight is 285 g/mol. The maximum atomic E-state index is 11.4. The number of aromatic nitrogens is 3. The highest BCUT2D eigenvalue weighted by Gasteiger charge is 2.19. The van der Waals surface area contributed by atoms with Crippen molar-refractivity contribution in [3.05, 3.63) is 53.3 Å². The number of aryl methyl sites for hydroxylation is 1. The van der Waals surface area contributed by atoms with Gasteiger partial charge < -0.3 is 5.11 Å². The fourth-order valence-corrected chi connectivity index (χ4v) is 2.87. The van der Waals surface area contributed by atoms with Crippen molar-refractivity contribution in [1.82, 2.24) is 14.8 Å². The monoisotopic (exact) mass is 285 g/mol. The van der Waals surface area contributed by atoms with Gasteiger partial charge >= 0.3 is 5.97 Å². The van der Waals surface area contributed by atoms with Crippen LogP contribution in [0, 0.1) is 6.92 Å². The van der Waals surface area contributed by atoms with Crippen LogP contribution in [0.4, 0.5) is 0 Å². The van der Waals surface area contributed by atoms with Crippen molar-refractivity contribution in [2.75, 3.05) is 0 Å². The smallest absolute Gasteiger partial charge is 0.339 e. The molecule has 0 aliphatic carbocycles. The number of nitrogens with zero attached hydrogens (tertiary/aromatic N) is 3. The normalized spacial score (nSPS) is 10.7. The van der Waals surface area contributed by atoms with E-state index in [2.05, 4.69) is 10.1 Å². The third-order valence-corrected chi connectivity index (χ3v) is 3.97. The fourth-order valence-electron chi connectivity index (χ4n) is 1.94. The van der Waals surface area contributed by atoms with E-state index in [-0.39, 0.29) is 5.56 Å². The van der Waals surface area contributed by atoms with Gasteiger partial charge in [0.2, 0.25) is 0 Å². The highest BCUT2D eigenvalue weighted by Crippen LogP contribution is 2.31. The largest absolute Gasteiger partial charge is 0.478 e. The van der Waals surface area contributed by atoms with Crippen molar-refractivity contribution in [2.45, 2.75) is 6.92 Å². The zero-order chi connectivity index (χ0) is 14.1. The predicted molar refractivity (Wildman–Crippen MR) is 76.4 cm³/mol. The van der Waals surface area contributed by atoms with Gasteiger partial charge in [-0.2, -0.15) is 5.10 Å². The van der Waals surface area contributed by atoms with E-state index in [1.54, 1.807) is 29.2 Å². The Morgan fingerprint density at radius 2 is 2.05 bits per heavy atom. The van der Waals surface area contributed by atoms with Gasteiger partial charge in [-0.25, -0.2) is 9.48 Å². The lowest BCUT2D eigenvalue weighted by Gasteiger charge is -1.99. The first-order valence-corrected chi connectivity index (χ1v) is 6.82. The molecule has 0 fully saturated rings. The summed E-state index contributed by atoms with van der Waals surface area (Å²) in [6, 6.07) is 5.52. The lowest BCUT2D eigenvalue weighted by Crippen LogP contribution is -1.96. The first-order chi connectivity index (χ1) is 9.66. The van der Waals surface area contributed by atoms with Crippen LogP contribution in [0.5, 0.6) is 0 Å². The van der Waals surface area contributed by atoms with Crippen LogP contribution in [0.1, 0.15) is 15.9 Å². The minimum absolute atomic E-state index is 0.201. The van der Waals surface area contributed by atoms with Crippen LogP contribution in [-0.2, 0) is 0 Å². The van der Waals surface area contributed by atoms with E-state index < -0.39 is 5.97 Å². The summed E-state index contributed by atoms with van der Waals surface area (Å²) in [4.78, 5) is 16.2. The molecule has 3 heterocycles. The Labute approximate surface area is 119 Å². The van der Waals surface area contributed by atoms with Gasteiger partial charge in [0.25, 0.3) is 0 Å². The number of pyridine rings is 1. The molecule has 3 aromatic rings. The molecule has 0 saturated heterocycles. The van der Waals surface area contributed by atoms with Crippen molar-refractivity contribution < 1.29 is 9.90 Å². The second-order valence-electron chi connectivity index (χ2n) is 4.28. The van der Waals surface area contributed by atoms with Gasteiger partial charge in [-0.3, -0.25) is 4.98 Å². The molecule has 0 aliphatic heterocycles. The molecule has 3 aromatic heterocycles. The molecule has 0 aromatic carbocycles. The summed E-state index contributed by atoms with van der Waals surface area (Å²) in [5.41, 5.74) is 2.51. The van der Waals surface area contributed by atoms with E-state index in [1.807, 2.05) is 18.4 Å². The van der Waals surface area contributed by atoms with E-state index in [9.17, 15) is 9.90 Å². The van der Waals surface area contributed by atoms with E-state index >= 15 is 0 Å². The summed E-state index contributed by atoms with van der Waals surface area (Å²) >= 11 is 1.49. The number of rotatable bonds is 3. The van der Waals surface area contributed by atoms with Crippen molar-refractivity contribution in [1.29, 1.82) is 0 Å². The van der Waals surface area contributed by atoms with E-state index in [1.165, 1.54) is 17.5 Å². The average Bonchev–Trinajstić information content (AvgIpc) is 3.05. The van der Waals surface area contributed by atoms with Crippen molar-refractivity contribution >= 4 is 17.3 Å². The Kier molecular flexibility index (Phi) is 3.08. The molecule has 0 unspecified atom stereocenters. The van der Waals surface area contributed by atoms with Gasteiger partial charge in [-0.1, -0.05) is 0 Å². The van der Waals surface area contributed by atoms with Gasteiger partial charge in [0.05, 0.1) is 10.6 Å².